The lowest BCUT2D eigenvalue weighted by atomic mass is 9.85. The summed E-state index contributed by atoms with van der Waals surface area (Å²) in [7, 11) is 0. The Balaban J connectivity index is 2.40. The van der Waals surface area contributed by atoms with E-state index in [-0.39, 0.29) is 12.3 Å². The molecule has 2 aromatic rings. The Bertz CT molecular complexity index is 673. The molecule has 2 N–H and O–H groups in total. The van der Waals surface area contributed by atoms with Gasteiger partial charge in [0, 0.05) is 17.3 Å². The lowest BCUT2D eigenvalue weighted by molar-refractivity contribution is -0.137. The molecular weight excluding hydrogens is 303 g/mol. The van der Waals surface area contributed by atoms with Gasteiger partial charge in [0.15, 0.2) is 0 Å². The zero-order valence-corrected chi connectivity index (χ0v) is 13.4. The zero-order chi connectivity index (χ0) is 17.3. The normalized spacial score (nSPS) is 12.3. The molecule has 0 saturated carbocycles. The number of benzene rings is 2. The molecule has 0 amide bonds. The second-order valence-electron chi connectivity index (χ2n) is 6.46. The van der Waals surface area contributed by atoms with Crippen LogP contribution in [0.1, 0.15) is 37.5 Å². The van der Waals surface area contributed by atoms with Gasteiger partial charge in [-0.15, -0.1) is 0 Å². The molecule has 23 heavy (non-hydrogen) atoms. The first-order valence-electron chi connectivity index (χ1n) is 7.27. The summed E-state index contributed by atoms with van der Waals surface area (Å²) in [5.41, 5.74) is 5.36. The molecule has 0 aliphatic carbocycles. The van der Waals surface area contributed by atoms with E-state index in [0.29, 0.717) is 11.3 Å². The smallest absolute Gasteiger partial charge is 0.418 e. The van der Waals surface area contributed by atoms with Crippen molar-refractivity contribution >= 4 is 5.69 Å². The second-order valence-corrected chi connectivity index (χ2v) is 6.46. The van der Waals surface area contributed by atoms with E-state index in [2.05, 4.69) is 0 Å². The Morgan fingerprint density at radius 3 is 2.09 bits per heavy atom. The maximum absolute atomic E-state index is 13.1. The summed E-state index contributed by atoms with van der Waals surface area (Å²) in [6.07, 6.45) is -4.48. The first-order valence-corrected chi connectivity index (χ1v) is 7.27. The van der Waals surface area contributed by atoms with E-state index < -0.39 is 17.2 Å². The zero-order valence-electron chi connectivity index (χ0n) is 13.4. The number of alkyl halides is 3. The highest BCUT2D eigenvalue weighted by atomic mass is 19.4. The first-order chi connectivity index (χ1) is 10.6. The van der Waals surface area contributed by atoms with E-state index >= 15 is 0 Å². The maximum atomic E-state index is 13.1. The molecule has 2 aromatic carbocycles. The molecule has 0 atom stereocenters. The maximum Gasteiger partial charge on any atom is 0.418 e. The third-order valence-corrected chi connectivity index (χ3v) is 3.50. The minimum Gasteiger partial charge on any atom is -0.489 e. The van der Waals surface area contributed by atoms with Gasteiger partial charge in [-0.3, -0.25) is 0 Å². The van der Waals surface area contributed by atoms with Crippen molar-refractivity contribution in [3.8, 4) is 5.75 Å². The minimum absolute atomic E-state index is 0.273. The van der Waals surface area contributed by atoms with E-state index in [4.69, 9.17) is 10.5 Å². The molecule has 2 rings (SSSR count). The summed E-state index contributed by atoms with van der Waals surface area (Å²) in [6, 6.07) is 11.8. The van der Waals surface area contributed by atoms with E-state index in [1.165, 1.54) is 6.07 Å². The van der Waals surface area contributed by atoms with Gasteiger partial charge in [-0.2, -0.15) is 13.2 Å². The number of anilines is 1. The van der Waals surface area contributed by atoms with Crippen LogP contribution in [0.5, 0.6) is 5.75 Å². The van der Waals surface area contributed by atoms with Crippen LogP contribution >= 0.6 is 0 Å². The monoisotopic (exact) mass is 323 g/mol. The Labute approximate surface area is 134 Å². The van der Waals surface area contributed by atoms with Crippen LogP contribution in [-0.4, -0.2) is 0 Å². The fraction of sp³-hybridized carbons (Fsp3) is 0.333. The Kier molecular flexibility index (Phi) is 4.59. The van der Waals surface area contributed by atoms with Crippen LogP contribution in [-0.2, 0) is 18.2 Å². The van der Waals surface area contributed by atoms with Gasteiger partial charge >= 0.3 is 6.18 Å². The summed E-state index contributed by atoms with van der Waals surface area (Å²) in [5.74, 6) is 0.381. The topological polar surface area (TPSA) is 35.2 Å². The SMILES string of the molecule is CC(C)(C)c1cc(C(F)(F)F)c(N)cc1OCc1ccccc1. The fourth-order valence-corrected chi connectivity index (χ4v) is 2.28. The Hall–Kier alpha value is -2.17. The number of halogens is 3. The summed E-state index contributed by atoms with van der Waals surface area (Å²) >= 11 is 0. The third-order valence-electron chi connectivity index (χ3n) is 3.50. The van der Waals surface area contributed by atoms with E-state index in [0.717, 1.165) is 11.6 Å². The standard InChI is InChI=1S/C18H20F3NO/c1-17(2,3)14-9-13(18(19,20)21)15(22)10-16(14)23-11-12-7-5-4-6-8-12/h4-10H,11,22H2,1-3H3. The molecule has 0 fully saturated rings. The molecule has 0 aliphatic rings. The Morgan fingerprint density at radius 2 is 1.57 bits per heavy atom. The van der Waals surface area contributed by atoms with Crippen LogP contribution < -0.4 is 10.5 Å². The molecular formula is C18H20F3NO. The molecule has 2 nitrogen and oxygen atoms in total. The summed E-state index contributed by atoms with van der Waals surface area (Å²) < 4.78 is 45.0. The molecule has 0 bridgehead atoms. The van der Waals surface area contributed by atoms with Crippen molar-refractivity contribution in [3.05, 3.63) is 59.2 Å². The van der Waals surface area contributed by atoms with Crippen molar-refractivity contribution < 1.29 is 17.9 Å². The first kappa shape index (κ1) is 17.2. The summed E-state index contributed by atoms with van der Waals surface area (Å²) in [5, 5.41) is 0. The number of hydrogen-bond acceptors (Lipinski definition) is 2. The number of nitrogens with two attached hydrogens (primary N) is 1. The Morgan fingerprint density at radius 1 is 0.957 bits per heavy atom. The van der Waals surface area contributed by atoms with Crippen molar-refractivity contribution in [1.82, 2.24) is 0 Å². The molecule has 0 unspecified atom stereocenters. The summed E-state index contributed by atoms with van der Waals surface area (Å²) in [4.78, 5) is 0. The van der Waals surface area contributed by atoms with Crippen molar-refractivity contribution in [2.24, 2.45) is 0 Å². The van der Waals surface area contributed by atoms with Crippen molar-refractivity contribution in [3.63, 3.8) is 0 Å². The van der Waals surface area contributed by atoms with Gasteiger partial charge < -0.3 is 10.5 Å². The molecule has 124 valence electrons. The second kappa shape index (κ2) is 6.14. The summed E-state index contributed by atoms with van der Waals surface area (Å²) in [6.45, 7) is 5.80. The van der Waals surface area contributed by atoms with Crippen LogP contribution in [0.2, 0.25) is 0 Å². The van der Waals surface area contributed by atoms with Crippen LogP contribution in [0.25, 0.3) is 0 Å². The van der Waals surface area contributed by atoms with Gasteiger partial charge in [0.2, 0.25) is 0 Å². The molecule has 0 heterocycles. The van der Waals surface area contributed by atoms with Crippen LogP contribution in [0.4, 0.5) is 18.9 Å². The predicted octanol–water partition coefficient (Wildman–Crippen LogP) is 5.16. The van der Waals surface area contributed by atoms with Crippen molar-refractivity contribution in [2.45, 2.75) is 39.0 Å². The van der Waals surface area contributed by atoms with Crippen LogP contribution in [0.15, 0.2) is 42.5 Å². The lowest BCUT2D eigenvalue weighted by Gasteiger charge is -2.25. The van der Waals surface area contributed by atoms with Crippen LogP contribution in [0, 0.1) is 0 Å². The molecule has 0 aromatic heterocycles. The largest absolute Gasteiger partial charge is 0.489 e. The van der Waals surface area contributed by atoms with Gasteiger partial charge in [0.1, 0.15) is 12.4 Å². The fourth-order valence-electron chi connectivity index (χ4n) is 2.28. The highest BCUT2D eigenvalue weighted by molar-refractivity contribution is 5.57. The highest BCUT2D eigenvalue weighted by Crippen LogP contribution is 2.41. The molecule has 0 saturated heterocycles. The van der Waals surface area contributed by atoms with Crippen LogP contribution in [0.3, 0.4) is 0 Å². The molecule has 0 aliphatic heterocycles. The van der Waals surface area contributed by atoms with Gasteiger partial charge in [0.25, 0.3) is 0 Å². The van der Waals surface area contributed by atoms with E-state index in [1.807, 2.05) is 51.1 Å². The number of nitrogen functional groups attached to an aromatic ring is 1. The number of hydrogen-bond donors (Lipinski definition) is 1. The third kappa shape index (κ3) is 4.18. The van der Waals surface area contributed by atoms with Gasteiger partial charge in [-0.25, -0.2) is 0 Å². The number of rotatable bonds is 3. The average Bonchev–Trinajstić information content (AvgIpc) is 2.43. The van der Waals surface area contributed by atoms with Gasteiger partial charge in [-0.05, 0) is 17.0 Å². The van der Waals surface area contributed by atoms with Gasteiger partial charge in [0.05, 0.1) is 5.56 Å². The van der Waals surface area contributed by atoms with Crippen molar-refractivity contribution in [2.75, 3.05) is 5.73 Å². The van der Waals surface area contributed by atoms with E-state index in [9.17, 15) is 13.2 Å². The molecule has 0 spiro atoms. The average molecular weight is 323 g/mol. The quantitative estimate of drug-likeness (QED) is 0.791. The highest BCUT2D eigenvalue weighted by Gasteiger charge is 2.35. The van der Waals surface area contributed by atoms with E-state index in [1.54, 1.807) is 0 Å². The molecule has 0 radical (unpaired) electrons. The molecule has 5 heteroatoms. The minimum atomic E-state index is -4.48. The lowest BCUT2D eigenvalue weighted by Crippen LogP contribution is -2.17. The van der Waals surface area contributed by atoms with Crippen molar-refractivity contribution in [1.29, 1.82) is 0 Å². The number of ether oxygens (including phenoxy) is 1. The van der Waals surface area contributed by atoms with Gasteiger partial charge in [-0.1, -0.05) is 51.1 Å². The predicted molar refractivity (Wildman–Crippen MR) is 85.3 cm³/mol.